The summed E-state index contributed by atoms with van der Waals surface area (Å²) in [4.78, 5) is 0. The molecule has 2 rings (SSSR count). The highest BCUT2D eigenvalue weighted by molar-refractivity contribution is 6.30. The van der Waals surface area contributed by atoms with Crippen LogP contribution in [0.2, 0.25) is 5.02 Å². The maximum atomic E-state index is 5.83. The van der Waals surface area contributed by atoms with Crippen LogP contribution in [-0.2, 0) is 0 Å². The van der Waals surface area contributed by atoms with E-state index in [2.05, 4.69) is 10.2 Å². The van der Waals surface area contributed by atoms with Crippen molar-refractivity contribution in [2.45, 2.75) is 13.8 Å². The minimum Gasteiger partial charge on any atom is -0.282 e. The van der Waals surface area contributed by atoms with Crippen LogP contribution < -0.4 is 0 Å². The fourth-order valence-corrected chi connectivity index (χ4v) is 1.72. The summed E-state index contributed by atoms with van der Waals surface area (Å²) in [6.45, 7) is 4.01. The lowest BCUT2D eigenvalue weighted by atomic mass is 10.0. The molecule has 0 aliphatic carbocycles. The summed E-state index contributed by atoms with van der Waals surface area (Å²) in [6, 6.07) is 7.80. The topological polar surface area (TPSA) is 28.7 Å². The van der Waals surface area contributed by atoms with Crippen LogP contribution in [0, 0.1) is 13.8 Å². The van der Waals surface area contributed by atoms with Gasteiger partial charge in [-0.2, -0.15) is 5.10 Å². The number of nitrogens with one attached hydrogen (secondary N) is 1. The number of aryl methyl sites for hydroxylation is 2. The van der Waals surface area contributed by atoms with E-state index in [1.807, 2.05) is 38.1 Å². The van der Waals surface area contributed by atoms with Crippen molar-refractivity contribution in [3.05, 3.63) is 40.7 Å². The van der Waals surface area contributed by atoms with Gasteiger partial charge in [-0.3, -0.25) is 5.10 Å². The number of aromatic nitrogens is 2. The minimum absolute atomic E-state index is 0.757. The molecule has 0 radical (unpaired) electrons. The van der Waals surface area contributed by atoms with Crippen molar-refractivity contribution in [3.8, 4) is 11.1 Å². The molecule has 1 N–H and O–H groups in total. The van der Waals surface area contributed by atoms with Gasteiger partial charge in [-0.15, -0.1) is 0 Å². The average molecular weight is 207 g/mol. The number of hydrogen-bond donors (Lipinski definition) is 1. The monoisotopic (exact) mass is 206 g/mol. The fourth-order valence-electron chi connectivity index (χ4n) is 1.59. The molecule has 2 nitrogen and oxygen atoms in total. The lowest BCUT2D eigenvalue weighted by Crippen LogP contribution is -1.81. The quantitative estimate of drug-likeness (QED) is 0.762. The zero-order valence-electron chi connectivity index (χ0n) is 8.13. The van der Waals surface area contributed by atoms with Gasteiger partial charge in [-0.05, 0) is 31.5 Å². The number of rotatable bonds is 1. The second kappa shape index (κ2) is 3.46. The Morgan fingerprint density at radius 1 is 1.14 bits per heavy atom. The van der Waals surface area contributed by atoms with Gasteiger partial charge in [0.2, 0.25) is 0 Å². The summed E-state index contributed by atoms with van der Waals surface area (Å²) in [5.74, 6) is 0. The van der Waals surface area contributed by atoms with Gasteiger partial charge in [0.15, 0.2) is 0 Å². The lowest BCUT2D eigenvalue weighted by Gasteiger charge is -2.00. The molecular formula is C11H11ClN2. The van der Waals surface area contributed by atoms with Crippen LogP contribution in [0.4, 0.5) is 0 Å². The zero-order chi connectivity index (χ0) is 10.1. The van der Waals surface area contributed by atoms with Crippen molar-refractivity contribution in [2.75, 3.05) is 0 Å². The van der Waals surface area contributed by atoms with E-state index in [1.54, 1.807) is 0 Å². The number of H-pyrrole nitrogens is 1. The summed E-state index contributed by atoms with van der Waals surface area (Å²) < 4.78 is 0. The second-order valence-electron chi connectivity index (χ2n) is 3.32. The lowest BCUT2D eigenvalue weighted by molar-refractivity contribution is 1.02. The maximum absolute atomic E-state index is 5.83. The number of benzene rings is 1. The first-order valence-electron chi connectivity index (χ1n) is 4.46. The van der Waals surface area contributed by atoms with Gasteiger partial charge < -0.3 is 0 Å². The summed E-state index contributed by atoms with van der Waals surface area (Å²) >= 11 is 5.83. The fraction of sp³-hybridized carbons (Fsp3) is 0.182. The molecule has 0 saturated carbocycles. The number of halogens is 1. The summed E-state index contributed by atoms with van der Waals surface area (Å²) in [6.07, 6.45) is 0. The van der Waals surface area contributed by atoms with E-state index in [0.717, 1.165) is 22.0 Å². The van der Waals surface area contributed by atoms with Crippen molar-refractivity contribution < 1.29 is 0 Å². The van der Waals surface area contributed by atoms with Crippen LogP contribution in [0.1, 0.15) is 11.4 Å². The smallest absolute Gasteiger partial charge is 0.0672 e. The van der Waals surface area contributed by atoms with Gasteiger partial charge >= 0.3 is 0 Å². The second-order valence-corrected chi connectivity index (χ2v) is 3.75. The predicted molar refractivity (Wildman–Crippen MR) is 58.5 cm³/mol. The average Bonchev–Trinajstić information content (AvgIpc) is 2.49. The highest BCUT2D eigenvalue weighted by atomic mass is 35.5. The molecule has 0 amide bonds. The van der Waals surface area contributed by atoms with Crippen LogP contribution in [0.15, 0.2) is 24.3 Å². The summed E-state index contributed by atoms with van der Waals surface area (Å²) in [5.41, 5.74) is 4.43. The third-order valence-corrected chi connectivity index (χ3v) is 2.51. The van der Waals surface area contributed by atoms with Gasteiger partial charge in [0.1, 0.15) is 0 Å². The first-order chi connectivity index (χ1) is 6.68. The highest BCUT2D eigenvalue weighted by Crippen LogP contribution is 2.26. The SMILES string of the molecule is Cc1n[nH]c(C)c1-c1ccc(Cl)cc1. The standard InChI is InChI=1S/C11H11ClN2/c1-7-11(8(2)14-13-7)9-3-5-10(12)6-4-9/h3-6H,1-2H3,(H,13,14). The van der Waals surface area contributed by atoms with Crippen molar-refractivity contribution in [1.29, 1.82) is 0 Å². The third-order valence-electron chi connectivity index (χ3n) is 2.26. The molecule has 0 atom stereocenters. The van der Waals surface area contributed by atoms with Gasteiger partial charge in [0.05, 0.1) is 5.69 Å². The van der Waals surface area contributed by atoms with E-state index in [0.29, 0.717) is 0 Å². The Kier molecular flexibility index (Phi) is 2.30. The van der Waals surface area contributed by atoms with E-state index >= 15 is 0 Å². The Morgan fingerprint density at radius 2 is 1.79 bits per heavy atom. The molecule has 0 aliphatic rings. The Bertz CT molecular complexity index is 423. The number of nitrogens with zero attached hydrogens (tertiary/aromatic N) is 1. The normalized spacial score (nSPS) is 10.5. The number of hydrogen-bond acceptors (Lipinski definition) is 1. The molecule has 0 fully saturated rings. The first-order valence-corrected chi connectivity index (χ1v) is 4.84. The highest BCUT2D eigenvalue weighted by Gasteiger charge is 2.07. The van der Waals surface area contributed by atoms with E-state index in [9.17, 15) is 0 Å². The van der Waals surface area contributed by atoms with Crippen molar-refractivity contribution in [2.24, 2.45) is 0 Å². The van der Waals surface area contributed by atoms with E-state index < -0.39 is 0 Å². The van der Waals surface area contributed by atoms with Gasteiger partial charge in [-0.25, -0.2) is 0 Å². The maximum Gasteiger partial charge on any atom is 0.0672 e. The molecule has 0 aliphatic heterocycles. The first kappa shape index (κ1) is 9.28. The molecule has 1 aromatic heterocycles. The Labute approximate surface area is 87.9 Å². The molecule has 14 heavy (non-hydrogen) atoms. The summed E-state index contributed by atoms with van der Waals surface area (Å²) in [5, 5.41) is 7.88. The van der Waals surface area contributed by atoms with Crippen LogP contribution >= 0.6 is 11.6 Å². The zero-order valence-corrected chi connectivity index (χ0v) is 8.89. The Balaban J connectivity index is 2.54. The van der Waals surface area contributed by atoms with Crippen LogP contribution in [-0.4, -0.2) is 10.2 Å². The van der Waals surface area contributed by atoms with Crippen LogP contribution in [0.5, 0.6) is 0 Å². The molecular weight excluding hydrogens is 196 g/mol. The van der Waals surface area contributed by atoms with E-state index in [1.165, 1.54) is 5.56 Å². The molecule has 1 heterocycles. The van der Waals surface area contributed by atoms with E-state index in [-0.39, 0.29) is 0 Å². The van der Waals surface area contributed by atoms with E-state index in [4.69, 9.17) is 11.6 Å². The minimum atomic E-state index is 0.757. The predicted octanol–water partition coefficient (Wildman–Crippen LogP) is 3.35. The van der Waals surface area contributed by atoms with Gasteiger partial charge in [0, 0.05) is 16.3 Å². The van der Waals surface area contributed by atoms with Gasteiger partial charge in [0.25, 0.3) is 0 Å². The molecule has 0 saturated heterocycles. The Morgan fingerprint density at radius 3 is 2.29 bits per heavy atom. The third kappa shape index (κ3) is 1.53. The molecule has 3 heteroatoms. The molecule has 0 bridgehead atoms. The Hall–Kier alpha value is -1.28. The van der Waals surface area contributed by atoms with Crippen LogP contribution in [0.25, 0.3) is 11.1 Å². The van der Waals surface area contributed by atoms with Crippen molar-refractivity contribution >= 4 is 11.6 Å². The molecule has 1 aromatic carbocycles. The van der Waals surface area contributed by atoms with Crippen LogP contribution in [0.3, 0.4) is 0 Å². The van der Waals surface area contributed by atoms with Crippen molar-refractivity contribution in [1.82, 2.24) is 10.2 Å². The largest absolute Gasteiger partial charge is 0.282 e. The molecule has 72 valence electrons. The summed E-state index contributed by atoms with van der Waals surface area (Å²) in [7, 11) is 0. The molecule has 0 spiro atoms. The van der Waals surface area contributed by atoms with Crippen molar-refractivity contribution in [3.63, 3.8) is 0 Å². The molecule has 0 unspecified atom stereocenters. The molecule has 2 aromatic rings. The number of aromatic amines is 1. The van der Waals surface area contributed by atoms with Gasteiger partial charge in [-0.1, -0.05) is 23.7 Å².